The van der Waals surface area contributed by atoms with Gasteiger partial charge in [0.15, 0.2) is 5.96 Å². The van der Waals surface area contributed by atoms with Gasteiger partial charge in [0.1, 0.15) is 0 Å². The van der Waals surface area contributed by atoms with Crippen LogP contribution in [0.15, 0.2) is 33.9 Å². The van der Waals surface area contributed by atoms with Crippen molar-refractivity contribution in [3.05, 3.63) is 34.4 Å². The third-order valence-electron chi connectivity index (χ3n) is 2.40. The summed E-state index contributed by atoms with van der Waals surface area (Å²) in [4.78, 5) is 7.20. The van der Waals surface area contributed by atoms with Gasteiger partial charge >= 0.3 is 0 Å². The number of fused-ring (bicyclic) bond motifs is 1. The molecular formula is C11H13BrN4. The molecule has 0 aliphatic carbocycles. The fourth-order valence-corrected chi connectivity index (χ4v) is 2.02. The van der Waals surface area contributed by atoms with E-state index in [1.54, 1.807) is 0 Å². The minimum atomic E-state index is 0.140. The molecule has 0 saturated heterocycles. The number of aromatic nitrogens is 1. The summed E-state index contributed by atoms with van der Waals surface area (Å²) >= 11 is 3.46. The summed E-state index contributed by atoms with van der Waals surface area (Å²) in [5.74, 6) is 0.140. The monoisotopic (exact) mass is 280 g/mol. The molecule has 1 aromatic heterocycles. The molecule has 0 amide bonds. The van der Waals surface area contributed by atoms with Gasteiger partial charge in [0.25, 0.3) is 0 Å². The molecule has 0 aliphatic heterocycles. The number of benzene rings is 1. The Balaban J connectivity index is 2.24. The zero-order valence-corrected chi connectivity index (χ0v) is 10.3. The van der Waals surface area contributed by atoms with Crippen LogP contribution in [0.4, 0.5) is 0 Å². The van der Waals surface area contributed by atoms with Gasteiger partial charge in [-0.2, -0.15) is 0 Å². The van der Waals surface area contributed by atoms with Gasteiger partial charge in [-0.25, -0.2) is 0 Å². The van der Waals surface area contributed by atoms with Crippen LogP contribution >= 0.6 is 15.9 Å². The molecular weight excluding hydrogens is 268 g/mol. The Hall–Kier alpha value is -1.49. The zero-order chi connectivity index (χ0) is 11.5. The molecule has 0 spiro atoms. The van der Waals surface area contributed by atoms with Crippen LogP contribution in [0.2, 0.25) is 0 Å². The van der Waals surface area contributed by atoms with Crippen LogP contribution in [0.25, 0.3) is 10.9 Å². The lowest BCUT2D eigenvalue weighted by Crippen LogP contribution is -2.23. The van der Waals surface area contributed by atoms with Crippen LogP contribution < -0.4 is 11.5 Å². The van der Waals surface area contributed by atoms with E-state index in [0.717, 1.165) is 16.4 Å². The van der Waals surface area contributed by atoms with E-state index in [1.165, 1.54) is 10.9 Å². The van der Waals surface area contributed by atoms with E-state index in [2.05, 4.69) is 32.0 Å². The van der Waals surface area contributed by atoms with Crippen molar-refractivity contribution < 1.29 is 0 Å². The summed E-state index contributed by atoms with van der Waals surface area (Å²) in [6.07, 6.45) is 2.83. The molecule has 84 valence electrons. The fraction of sp³-hybridized carbons (Fsp3) is 0.182. The Morgan fingerprint density at radius 2 is 2.19 bits per heavy atom. The Labute approximate surface area is 102 Å². The van der Waals surface area contributed by atoms with Crippen molar-refractivity contribution in [3.63, 3.8) is 0 Å². The van der Waals surface area contributed by atoms with Crippen LogP contribution in [-0.2, 0) is 6.42 Å². The van der Waals surface area contributed by atoms with E-state index in [-0.39, 0.29) is 5.96 Å². The SMILES string of the molecule is NC(N)=NCCc1c[nH]c2ccc(Br)cc12. The molecule has 0 atom stereocenters. The number of nitrogens with zero attached hydrogens (tertiary/aromatic N) is 1. The maximum atomic E-state index is 5.28. The Bertz CT molecular complexity index is 526. The number of rotatable bonds is 3. The smallest absolute Gasteiger partial charge is 0.185 e. The van der Waals surface area contributed by atoms with Gasteiger partial charge in [-0.3, -0.25) is 4.99 Å². The molecule has 0 saturated carbocycles. The summed E-state index contributed by atoms with van der Waals surface area (Å²) in [5, 5.41) is 1.21. The number of H-pyrrole nitrogens is 1. The van der Waals surface area contributed by atoms with Crippen molar-refractivity contribution in [1.82, 2.24) is 4.98 Å². The van der Waals surface area contributed by atoms with E-state index in [4.69, 9.17) is 11.5 Å². The summed E-state index contributed by atoms with van der Waals surface area (Å²) < 4.78 is 1.07. The van der Waals surface area contributed by atoms with Gasteiger partial charge in [0.2, 0.25) is 0 Å². The Morgan fingerprint density at radius 1 is 1.38 bits per heavy atom. The Kier molecular flexibility index (Phi) is 3.14. The van der Waals surface area contributed by atoms with E-state index < -0.39 is 0 Å². The van der Waals surface area contributed by atoms with Gasteiger partial charge < -0.3 is 16.5 Å². The molecule has 0 fully saturated rings. The molecule has 4 nitrogen and oxygen atoms in total. The number of guanidine groups is 1. The van der Waals surface area contributed by atoms with Crippen molar-refractivity contribution in [2.75, 3.05) is 6.54 Å². The maximum absolute atomic E-state index is 5.28. The number of hydrogen-bond donors (Lipinski definition) is 3. The van der Waals surface area contributed by atoms with Crippen LogP contribution in [0.3, 0.4) is 0 Å². The average Bonchev–Trinajstić information content (AvgIpc) is 2.60. The number of hydrogen-bond acceptors (Lipinski definition) is 1. The molecule has 16 heavy (non-hydrogen) atoms. The number of nitrogens with one attached hydrogen (secondary N) is 1. The standard InChI is InChI=1S/C11H13BrN4/c12-8-1-2-10-9(5-8)7(6-16-10)3-4-15-11(13)14/h1-2,5-6,16H,3-4H2,(H4,13,14,15). The summed E-state index contributed by atoms with van der Waals surface area (Å²) in [7, 11) is 0. The van der Waals surface area contributed by atoms with Crippen molar-refractivity contribution >= 4 is 32.8 Å². The molecule has 1 aromatic carbocycles. The van der Waals surface area contributed by atoms with Gasteiger partial charge in [0.05, 0.1) is 0 Å². The van der Waals surface area contributed by atoms with Gasteiger partial charge in [0, 0.05) is 28.1 Å². The lowest BCUT2D eigenvalue weighted by molar-refractivity contribution is 0.969. The normalized spacial score (nSPS) is 10.6. The van der Waals surface area contributed by atoms with Gasteiger partial charge in [-0.05, 0) is 30.2 Å². The molecule has 2 aromatic rings. The number of aromatic amines is 1. The van der Waals surface area contributed by atoms with Crippen molar-refractivity contribution in [2.45, 2.75) is 6.42 Å². The second-order valence-electron chi connectivity index (χ2n) is 3.56. The first-order chi connectivity index (χ1) is 7.66. The summed E-state index contributed by atoms with van der Waals surface area (Å²) in [6.45, 7) is 0.613. The van der Waals surface area contributed by atoms with Crippen LogP contribution in [0.5, 0.6) is 0 Å². The largest absolute Gasteiger partial charge is 0.370 e. The molecule has 2 rings (SSSR count). The van der Waals surface area contributed by atoms with Crippen LogP contribution in [-0.4, -0.2) is 17.5 Å². The molecule has 0 bridgehead atoms. The number of aliphatic imine (C=N–C) groups is 1. The van der Waals surface area contributed by atoms with E-state index >= 15 is 0 Å². The lowest BCUT2D eigenvalue weighted by atomic mass is 10.1. The molecule has 1 heterocycles. The second kappa shape index (κ2) is 4.57. The molecule has 0 unspecified atom stereocenters. The quantitative estimate of drug-likeness (QED) is 0.592. The highest BCUT2D eigenvalue weighted by molar-refractivity contribution is 9.10. The Morgan fingerprint density at radius 3 is 2.94 bits per heavy atom. The third-order valence-corrected chi connectivity index (χ3v) is 2.90. The minimum Gasteiger partial charge on any atom is -0.370 e. The first-order valence-electron chi connectivity index (χ1n) is 4.98. The van der Waals surface area contributed by atoms with Crippen molar-refractivity contribution in [3.8, 4) is 0 Å². The van der Waals surface area contributed by atoms with E-state index in [9.17, 15) is 0 Å². The predicted molar refractivity (Wildman–Crippen MR) is 70.4 cm³/mol. The van der Waals surface area contributed by atoms with E-state index in [1.807, 2.05) is 18.3 Å². The first kappa shape index (κ1) is 11.0. The van der Waals surface area contributed by atoms with Gasteiger partial charge in [-0.1, -0.05) is 15.9 Å². The number of halogens is 1. The van der Waals surface area contributed by atoms with Crippen LogP contribution in [0, 0.1) is 0 Å². The highest BCUT2D eigenvalue weighted by atomic mass is 79.9. The number of nitrogens with two attached hydrogens (primary N) is 2. The topological polar surface area (TPSA) is 80.2 Å². The summed E-state index contributed by atoms with van der Waals surface area (Å²) in [6, 6.07) is 6.15. The fourth-order valence-electron chi connectivity index (χ4n) is 1.66. The van der Waals surface area contributed by atoms with Crippen molar-refractivity contribution in [1.29, 1.82) is 0 Å². The molecule has 5 N–H and O–H groups in total. The van der Waals surface area contributed by atoms with E-state index in [0.29, 0.717) is 6.54 Å². The molecule has 0 aliphatic rings. The average molecular weight is 281 g/mol. The summed E-state index contributed by atoms with van der Waals surface area (Å²) in [5.41, 5.74) is 12.9. The third kappa shape index (κ3) is 2.36. The highest BCUT2D eigenvalue weighted by Gasteiger charge is 2.03. The van der Waals surface area contributed by atoms with Crippen LogP contribution in [0.1, 0.15) is 5.56 Å². The zero-order valence-electron chi connectivity index (χ0n) is 8.70. The highest BCUT2D eigenvalue weighted by Crippen LogP contribution is 2.22. The molecule has 5 heteroatoms. The first-order valence-corrected chi connectivity index (χ1v) is 5.77. The second-order valence-corrected chi connectivity index (χ2v) is 4.48. The van der Waals surface area contributed by atoms with Gasteiger partial charge in [-0.15, -0.1) is 0 Å². The molecule has 0 radical (unpaired) electrons. The lowest BCUT2D eigenvalue weighted by Gasteiger charge is -1.97. The maximum Gasteiger partial charge on any atom is 0.185 e. The predicted octanol–water partition coefficient (Wildman–Crippen LogP) is 1.75. The minimum absolute atomic E-state index is 0.140. The van der Waals surface area contributed by atoms with Crippen molar-refractivity contribution in [2.24, 2.45) is 16.5 Å².